The highest BCUT2D eigenvalue weighted by Gasteiger charge is 2.11. The van der Waals surface area contributed by atoms with Crippen molar-refractivity contribution in [1.82, 2.24) is 15.3 Å². The summed E-state index contributed by atoms with van der Waals surface area (Å²) in [6, 6.07) is 0. The lowest BCUT2D eigenvalue weighted by atomic mass is 10.4. The fraction of sp³-hybridized carbons (Fsp3) is 0.600. The Kier molecular flexibility index (Phi) is 5.48. The van der Waals surface area contributed by atoms with E-state index < -0.39 is 0 Å². The van der Waals surface area contributed by atoms with E-state index in [1.165, 1.54) is 6.33 Å². The zero-order chi connectivity index (χ0) is 12.0. The molecule has 1 aromatic heterocycles. The second kappa shape index (κ2) is 6.65. The SMILES string of the molecule is CCNCCN(CC)c1nc[nH]c(=O)c1Br. The molecule has 5 nitrogen and oxygen atoms in total. The summed E-state index contributed by atoms with van der Waals surface area (Å²) in [6.07, 6.45) is 1.43. The van der Waals surface area contributed by atoms with Crippen molar-refractivity contribution in [3.63, 3.8) is 0 Å². The molecule has 1 rings (SSSR count). The van der Waals surface area contributed by atoms with E-state index in [1.54, 1.807) is 0 Å². The summed E-state index contributed by atoms with van der Waals surface area (Å²) in [5, 5.41) is 3.25. The molecule has 6 heteroatoms. The molecule has 0 fully saturated rings. The lowest BCUT2D eigenvalue weighted by Gasteiger charge is -2.22. The van der Waals surface area contributed by atoms with Crippen LogP contribution in [0, 0.1) is 0 Å². The minimum absolute atomic E-state index is 0.146. The van der Waals surface area contributed by atoms with Crippen LogP contribution in [-0.4, -0.2) is 36.1 Å². The number of hydrogen-bond donors (Lipinski definition) is 2. The van der Waals surface area contributed by atoms with Gasteiger partial charge in [-0.2, -0.15) is 0 Å². The summed E-state index contributed by atoms with van der Waals surface area (Å²) in [6.45, 7) is 7.59. The molecule has 0 unspecified atom stereocenters. The molecule has 0 aromatic carbocycles. The number of halogens is 1. The first kappa shape index (κ1) is 13.2. The standard InChI is InChI=1S/C10H17BrN4O/c1-3-12-5-6-15(4-2)9-8(11)10(16)14-7-13-9/h7,12H,3-6H2,1-2H3,(H,13,14,16). The van der Waals surface area contributed by atoms with Gasteiger partial charge in [0.2, 0.25) is 0 Å². The van der Waals surface area contributed by atoms with Crippen molar-refractivity contribution in [2.45, 2.75) is 13.8 Å². The minimum Gasteiger partial charge on any atom is -0.354 e. The summed E-state index contributed by atoms with van der Waals surface area (Å²) in [4.78, 5) is 20.2. The molecule has 1 aromatic rings. The first-order chi connectivity index (χ1) is 7.70. The van der Waals surface area contributed by atoms with E-state index >= 15 is 0 Å². The van der Waals surface area contributed by atoms with E-state index in [-0.39, 0.29) is 5.56 Å². The number of nitrogens with one attached hydrogen (secondary N) is 2. The number of hydrogen-bond acceptors (Lipinski definition) is 4. The van der Waals surface area contributed by atoms with Crippen molar-refractivity contribution >= 4 is 21.7 Å². The predicted molar refractivity (Wildman–Crippen MR) is 69.0 cm³/mol. The number of rotatable bonds is 6. The van der Waals surface area contributed by atoms with Gasteiger partial charge in [-0.25, -0.2) is 4.98 Å². The van der Waals surface area contributed by atoms with Gasteiger partial charge in [0.05, 0.1) is 6.33 Å². The first-order valence-electron chi connectivity index (χ1n) is 5.39. The number of anilines is 1. The van der Waals surface area contributed by atoms with Crippen molar-refractivity contribution in [3.05, 3.63) is 21.2 Å². The fourth-order valence-electron chi connectivity index (χ4n) is 1.40. The van der Waals surface area contributed by atoms with Crippen molar-refractivity contribution < 1.29 is 0 Å². The lowest BCUT2D eigenvalue weighted by Crippen LogP contribution is -2.33. The Labute approximate surface area is 103 Å². The zero-order valence-corrected chi connectivity index (χ0v) is 11.2. The van der Waals surface area contributed by atoms with Crippen LogP contribution >= 0.6 is 15.9 Å². The van der Waals surface area contributed by atoms with Crippen LogP contribution in [0.5, 0.6) is 0 Å². The highest BCUT2D eigenvalue weighted by Crippen LogP contribution is 2.17. The Morgan fingerprint density at radius 3 is 2.94 bits per heavy atom. The molecule has 90 valence electrons. The lowest BCUT2D eigenvalue weighted by molar-refractivity contribution is 0.682. The summed E-state index contributed by atoms with van der Waals surface area (Å²) in [7, 11) is 0. The van der Waals surface area contributed by atoms with Crippen LogP contribution in [0.1, 0.15) is 13.8 Å². The molecule has 1 heterocycles. The number of aromatic amines is 1. The molecule has 16 heavy (non-hydrogen) atoms. The molecule has 0 radical (unpaired) electrons. The smallest absolute Gasteiger partial charge is 0.267 e. The third kappa shape index (κ3) is 3.31. The molecule has 0 amide bonds. The molecule has 0 aliphatic rings. The third-order valence-electron chi connectivity index (χ3n) is 2.27. The van der Waals surface area contributed by atoms with Crippen molar-refractivity contribution in [3.8, 4) is 0 Å². The zero-order valence-electron chi connectivity index (χ0n) is 9.59. The Morgan fingerprint density at radius 1 is 1.56 bits per heavy atom. The second-order valence-corrected chi connectivity index (χ2v) is 4.10. The number of H-pyrrole nitrogens is 1. The topological polar surface area (TPSA) is 61.0 Å². The van der Waals surface area contributed by atoms with Crippen LogP contribution < -0.4 is 15.8 Å². The summed E-state index contributed by atoms with van der Waals surface area (Å²) >= 11 is 3.26. The van der Waals surface area contributed by atoms with Crippen LogP contribution in [0.3, 0.4) is 0 Å². The van der Waals surface area contributed by atoms with Gasteiger partial charge < -0.3 is 15.2 Å². The van der Waals surface area contributed by atoms with E-state index in [9.17, 15) is 4.79 Å². The molecule has 0 aliphatic carbocycles. The quantitative estimate of drug-likeness (QED) is 0.766. The Hall–Kier alpha value is -0.880. The van der Waals surface area contributed by atoms with Gasteiger partial charge >= 0.3 is 0 Å². The maximum atomic E-state index is 11.4. The van der Waals surface area contributed by atoms with E-state index in [1.807, 2.05) is 6.92 Å². The average molecular weight is 289 g/mol. The molecule has 2 N–H and O–H groups in total. The number of aromatic nitrogens is 2. The highest BCUT2D eigenvalue weighted by molar-refractivity contribution is 9.10. The molecule has 0 atom stereocenters. The van der Waals surface area contributed by atoms with Crippen molar-refractivity contribution in [2.24, 2.45) is 0 Å². The molecule has 0 saturated heterocycles. The van der Waals surface area contributed by atoms with Gasteiger partial charge in [0.1, 0.15) is 10.3 Å². The maximum absolute atomic E-state index is 11.4. The predicted octanol–water partition coefficient (Wildman–Crippen LogP) is 0.968. The summed E-state index contributed by atoms with van der Waals surface area (Å²) < 4.78 is 0.494. The monoisotopic (exact) mass is 288 g/mol. The Morgan fingerprint density at radius 2 is 2.31 bits per heavy atom. The molecular weight excluding hydrogens is 272 g/mol. The number of nitrogens with zero attached hydrogens (tertiary/aromatic N) is 2. The van der Waals surface area contributed by atoms with E-state index in [0.717, 1.165) is 26.2 Å². The first-order valence-corrected chi connectivity index (χ1v) is 6.18. The molecule has 0 spiro atoms. The number of likely N-dealkylation sites (N-methyl/N-ethyl adjacent to an activating group) is 2. The normalized spacial score (nSPS) is 10.4. The van der Waals surface area contributed by atoms with Crippen LogP contribution in [0.25, 0.3) is 0 Å². The molecule has 0 bridgehead atoms. The van der Waals surface area contributed by atoms with Gasteiger partial charge in [0.15, 0.2) is 0 Å². The van der Waals surface area contributed by atoms with E-state index in [4.69, 9.17) is 0 Å². The van der Waals surface area contributed by atoms with Gasteiger partial charge in [-0.05, 0) is 29.4 Å². The van der Waals surface area contributed by atoms with Crippen molar-refractivity contribution in [1.29, 1.82) is 0 Å². The average Bonchev–Trinajstić information content (AvgIpc) is 2.29. The minimum atomic E-state index is -0.146. The van der Waals surface area contributed by atoms with Gasteiger partial charge in [-0.3, -0.25) is 4.79 Å². The van der Waals surface area contributed by atoms with Crippen molar-refractivity contribution in [2.75, 3.05) is 31.1 Å². The Balaban J connectivity index is 2.78. The highest BCUT2D eigenvalue weighted by atomic mass is 79.9. The van der Waals surface area contributed by atoms with E-state index in [2.05, 4.69) is 43.0 Å². The second-order valence-electron chi connectivity index (χ2n) is 3.30. The molecule has 0 aliphatic heterocycles. The van der Waals surface area contributed by atoms with Gasteiger partial charge in [0.25, 0.3) is 5.56 Å². The molecule has 0 saturated carbocycles. The Bertz CT molecular complexity index is 379. The van der Waals surface area contributed by atoms with Crippen LogP contribution in [0.4, 0.5) is 5.82 Å². The third-order valence-corrected chi connectivity index (χ3v) is 2.98. The molecular formula is C10H17BrN4O. The van der Waals surface area contributed by atoms with Gasteiger partial charge in [-0.15, -0.1) is 0 Å². The maximum Gasteiger partial charge on any atom is 0.267 e. The van der Waals surface area contributed by atoms with Crippen LogP contribution in [0.2, 0.25) is 0 Å². The van der Waals surface area contributed by atoms with E-state index in [0.29, 0.717) is 10.3 Å². The van der Waals surface area contributed by atoms with Crippen LogP contribution in [-0.2, 0) is 0 Å². The van der Waals surface area contributed by atoms with Crippen LogP contribution in [0.15, 0.2) is 15.6 Å². The summed E-state index contributed by atoms with van der Waals surface area (Å²) in [5.74, 6) is 0.698. The van der Waals surface area contributed by atoms with Gasteiger partial charge in [-0.1, -0.05) is 6.92 Å². The van der Waals surface area contributed by atoms with Gasteiger partial charge in [0, 0.05) is 19.6 Å². The largest absolute Gasteiger partial charge is 0.354 e. The fourth-order valence-corrected chi connectivity index (χ4v) is 1.87. The summed E-state index contributed by atoms with van der Waals surface area (Å²) in [5.41, 5.74) is -0.146.